The number of amides is 1. The number of para-hydroxylation sites is 1. The molecule has 212 valence electrons. The minimum atomic E-state index is -0.722. The van der Waals surface area contributed by atoms with E-state index in [1.165, 1.54) is 25.5 Å². The topological polar surface area (TPSA) is 92.8 Å². The molecule has 4 aromatic carbocycles. The number of aromatic amines is 1. The summed E-state index contributed by atoms with van der Waals surface area (Å²) in [5.41, 5.74) is 4.12. The Morgan fingerprint density at radius 3 is 2.57 bits per heavy atom. The van der Waals surface area contributed by atoms with E-state index in [4.69, 9.17) is 32.7 Å². The van der Waals surface area contributed by atoms with Crippen LogP contribution >= 0.6 is 55.1 Å². The summed E-state index contributed by atoms with van der Waals surface area (Å²) in [7, 11) is 1.43. The lowest BCUT2D eigenvalue weighted by Gasteiger charge is -2.12. The predicted molar refractivity (Wildman–Crippen MR) is 169 cm³/mol. The highest BCUT2D eigenvalue weighted by molar-refractivity contribution is 9.11. The summed E-state index contributed by atoms with van der Waals surface area (Å²) in [6, 6.07) is 19.4. The van der Waals surface area contributed by atoms with Gasteiger partial charge >= 0.3 is 5.97 Å². The van der Waals surface area contributed by atoms with E-state index < -0.39 is 17.7 Å². The number of rotatable bonds is 7. The number of carbonyl (C=O) groups is 2. The highest BCUT2D eigenvalue weighted by Crippen LogP contribution is 2.38. The van der Waals surface area contributed by atoms with E-state index in [2.05, 4.69) is 47.4 Å². The first kappa shape index (κ1) is 29.8. The van der Waals surface area contributed by atoms with Gasteiger partial charge in [0.2, 0.25) is 0 Å². The second-order valence-corrected chi connectivity index (χ2v) is 11.4. The van der Waals surface area contributed by atoms with Crippen LogP contribution in [0.1, 0.15) is 26.4 Å². The maximum Gasteiger partial charge on any atom is 0.347 e. The summed E-state index contributed by atoms with van der Waals surface area (Å²) in [6.45, 7) is 0. The molecular weight excluding hydrogens is 716 g/mol. The van der Waals surface area contributed by atoms with Crippen molar-refractivity contribution < 1.29 is 23.5 Å². The van der Waals surface area contributed by atoms with Gasteiger partial charge in [-0.1, -0.05) is 69.5 Å². The number of fused-ring (bicyclic) bond motifs is 1. The largest absolute Gasteiger partial charge is 0.496 e. The van der Waals surface area contributed by atoms with Gasteiger partial charge in [-0.2, -0.15) is 5.10 Å². The molecule has 2 N–H and O–H groups in total. The van der Waals surface area contributed by atoms with Crippen LogP contribution in [0, 0.1) is 5.82 Å². The minimum absolute atomic E-state index is 0.0653. The standard InChI is InChI=1S/C30H18Br2Cl2FN3O4/c1-41-24-10-9-17(33)13-20(24)30(40)42-28-15(11-16(31)12-21(28)32)14-36-38-29(39)27-25(18-5-2-3-7-22(18)34)19-6-4-8-23(35)26(19)37-27/h2-14,37H,1H3,(H,38,39). The first-order valence-electron chi connectivity index (χ1n) is 12.1. The van der Waals surface area contributed by atoms with Crippen molar-refractivity contribution in [2.24, 2.45) is 5.10 Å². The van der Waals surface area contributed by atoms with Crippen LogP contribution in [-0.2, 0) is 0 Å². The van der Waals surface area contributed by atoms with Gasteiger partial charge in [0.1, 0.15) is 22.8 Å². The Kier molecular flexibility index (Phi) is 8.98. The number of methoxy groups -OCH3 is 1. The second kappa shape index (κ2) is 12.7. The third kappa shape index (κ3) is 6.07. The van der Waals surface area contributed by atoms with Crippen LogP contribution < -0.4 is 14.9 Å². The molecule has 0 atom stereocenters. The van der Waals surface area contributed by atoms with Gasteiger partial charge < -0.3 is 14.5 Å². The predicted octanol–water partition coefficient (Wildman–Crippen LogP) is 8.80. The van der Waals surface area contributed by atoms with Gasteiger partial charge in [-0.3, -0.25) is 4.79 Å². The molecule has 12 heteroatoms. The van der Waals surface area contributed by atoms with E-state index in [0.717, 1.165) is 0 Å². The number of halogens is 5. The lowest BCUT2D eigenvalue weighted by molar-refractivity contribution is 0.0729. The van der Waals surface area contributed by atoms with Crippen LogP contribution in [-0.4, -0.2) is 30.2 Å². The highest BCUT2D eigenvalue weighted by atomic mass is 79.9. The maximum atomic E-state index is 14.7. The molecule has 0 aliphatic heterocycles. The van der Waals surface area contributed by atoms with Crippen LogP contribution in [0.2, 0.25) is 10.0 Å². The number of H-pyrrole nitrogens is 1. The van der Waals surface area contributed by atoms with Gasteiger partial charge in [-0.25, -0.2) is 14.6 Å². The van der Waals surface area contributed by atoms with Crippen molar-refractivity contribution in [2.45, 2.75) is 0 Å². The van der Waals surface area contributed by atoms with Crippen molar-refractivity contribution in [1.82, 2.24) is 10.4 Å². The highest BCUT2D eigenvalue weighted by Gasteiger charge is 2.23. The van der Waals surface area contributed by atoms with Crippen LogP contribution in [0.25, 0.3) is 22.0 Å². The quantitative estimate of drug-likeness (QED) is 0.0757. The van der Waals surface area contributed by atoms with E-state index in [1.54, 1.807) is 60.7 Å². The van der Waals surface area contributed by atoms with Gasteiger partial charge in [-0.15, -0.1) is 0 Å². The van der Waals surface area contributed by atoms with E-state index in [9.17, 15) is 14.0 Å². The van der Waals surface area contributed by atoms with Crippen molar-refractivity contribution in [2.75, 3.05) is 7.11 Å². The Morgan fingerprint density at radius 1 is 1.02 bits per heavy atom. The normalized spacial score (nSPS) is 11.2. The molecule has 0 aliphatic rings. The molecule has 0 fully saturated rings. The first-order valence-corrected chi connectivity index (χ1v) is 14.5. The molecule has 0 saturated carbocycles. The minimum Gasteiger partial charge on any atom is -0.496 e. The Labute approximate surface area is 265 Å². The average molecular weight is 734 g/mol. The zero-order valence-corrected chi connectivity index (χ0v) is 26.2. The summed E-state index contributed by atoms with van der Waals surface area (Å²) >= 11 is 19.3. The Bertz CT molecular complexity index is 1890. The molecule has 7 nitrogen and oxygen atoms in total. The van der Waals surface area contributed by atoms with Gasteiger partial charge in [0.15, 0.2) is 5.75 Å². The zero-order chi connectivity index (χ0) is 30.0. The van der Waals surface area contributed by atoms with Crippen molar-refractivity contribution in [3.05, 3.63) is 114 Å². The van der Waals surface area contributed by atoms with Crippen LogP contribution in [0.15, 0.2) is 86.8 Å². The number of ether oxygens (including phenoxy) is 2. The number of carbonyl (C=O) groups excluding carboxylic acids is 2. The first-order chi connectivity index (χ1) is 20.2. The number of aromatic nitrogens is 1. The van der Waals surface area contributed by atoms with Crippen molar-refractivity contribution in [1.29, 1.82) is 0 Å². The molecule has 0 spiro atoms. The Balaban J connectivity index is 1.47. The molecule has 1 amide bonds. The van der Waals surface area contributed by atoms with Crippen molar-refractivity contribution in [3.63, 3.8) is 0 Å². The third-order valence-electron chi connectivity index (χ3n) is 6.14. The smallest absolute Gasteiger partial charge is 0.347 e. The number of hydrogen-bond donors (Lipinski definition) is 2. The molecule has 5 aromatic rings. The Hall–Kier alpha value is -3.70. The van der Waals surface area contributed by atoms with Crippen LogP contribution in [0.5, 0.6) is 11.5 Å². The van der Waals surface area contributed by atoms with Crippen LogP contribution in [0.3, 0.4) is 0 Å². The average Bonchev–Trinajstić information content (AvgIpc) is 3.35. The number of nitrogens with zero attached hydrogens (tertiary/aromatic N) is 1. The molecular formula is C30H18Br2Cl2FN3O4. The summed E-state index contributed by atoms with van der Waals surface area (Å²) in [6.07, 6.45) is 1.31. The summed E-state index contributed by atoms with van der Waals surface area (Å²) in [5.74, 6) is -1.48. The number of nitrogens with one attached hydrogen (secondary N) is 2. The molecule has 1 heterocycles. The monoisotopic (exact) mass is 731 g/mol. The van der Waals surface area contributed by atoms with Gasteiger partial charge in [0.25, 0.3) is 5.91 Å². The summed E-state index contributed by atoms with van der Waals surface area (Å²) < 4.78 is 26.7. The molecule has 0 radical (unpaired) electrons. The molecule has 0 saturated heterocycles. The van der Waals surface area contributed by atoms with Crippen molar-refractivity contribution >= 4 is 84.1 Å². The molecule has 5 rings (SSSR count). The maximum absolute atomic E-state index is 14.7. The fourth-order valence-electron chi connectivity index (χ4n) is 4.28. The summed E-state index contributed by atoms with van der Waals surface area (Å²) in [5, 5.41) is 5.29. The fraction of sp³-hybridized carbons (Fsp3) is 0.0333. The van der Waals surface area contributed by atoms with Gasteiger partial charge in [-0.05, 0) is 58.4 Å². The molecule has 1 aromatic heterocycles. The third-order valence-corrected chi connectivity index (χ3v) is 7.75. The fourth-order valence-corrected chi connectivity index (χ4v) is 6.02. The number of hydrogen-bond acceptors (Lipinski definition) is 5. The van der Waals surface area contributed by atoms with Crippen molar-refractivity contribution in [3.8, 4) is 22.6 Å². The number of esters is 1. The van der Waals surface area contributed by atoms with E-state index in [1.807, 2.05) is 0 Å². The Morgan fingerprint density at radius 2 is 1.81 bits per heavy atom. The van der Waals surface area contributed by atoms with E-state index in [0.29, 0.717) is 41.1 Å². The molecule has 42 heavy (non-hydrogen) atoms. The lowest BCUT2D eigenvalue weighted by atomic mass is 10.0. The molecule has 0 aliphatic carbocycles. The second-order valence-electron chi connectivity index (χ2n) is 8.76. The summed E-state index contributed by atoms with van der Waals surface area (Å²) in [4.78, 5) is 29.3. The number of benzene rings is 4. The molecule has 0 bridgehead atoms. The SMILES string of the molecule is COc1ccc(Cl)cc1C(=O)Oc1c(Br)cc(Br)cc1C=NNC(=O)c1[nH]c2c(F)cccc2c1-c1ccccc1Cl. The zero-order valence-electron chi connectivity index (χ0n) is 21.5. The molecule has 0 unspecified atom stereocenters. The lowest BCUT2D eigenvalue weighted by Crippen LogP contribution is -2.19. The van der Waals surface area contributed by atoms with Crippen LogP contribution in [0.4, 0.5) is 4.39 Å². The van der Waals surface area contributed by atoms with E-state index >= 15 is 0 Å². The van der Waals surface area contributed by atoms with Gasteiger partial charge in [0.05, 0.1) is 23.3 Å². The van der Waals surface area contributed by atoms with Gasteiger partial charge in [0, 0.05) is 36.6 Å². The number of hydrazone groups is 1. The van der Waals surface area contributed by atoms with E-state index in [-0.39, 0.29) is 28.3 Å².